The molecule has 5 heterocycles. The number of aryl methyl sites for hydroxylation is 1. The Labute approximate surface area is 123 Å². The Balaban J connectivity index is 1.96. The van der Waals surface area contributed by atoms with Crippen LogP contribution in [0.15, 0.2) is 36.8 Å². The normalized spacial score (nSPS) is 15.9. The van der Waals surface area contributed by atoms with Crippen LogP contribution in [0.2, 0.25) is 0 Å². The molecule has 1 aliphatic heterocycles. The molecule has 5 rings (SSSR count). The quantitative estimate of drug-likeness (QED) is 0.409. The van der Waals surface area contributed by atoms with Gasteiger partial charge in [-0.25, -0.2) is 4.98 Å². The van der Waals surface area contributed by atoms with Gasteiger partial charge < -0.3 is 4.57 Å². The summed E-state index contributed by atoms with van der Waals surface area (Å²) in [5.41, 5.74) is 3.72. The Morgan fingerprint density at radius 2 is 2.40 bits per heavy atom. The van der Waals surface area contributed by atoms with Crippen molar-refractivity contribution in [1.29, 1.82) is 0 Å². The Morgan fingerprint density at radius 1 is 1.40 bits per heavy atom. The van der Waals surface area contributed by atoms with E-state index in [1.807, 2.05) is 12.1 Å². The van der Waals surface area contributed by atoms with Crippen LogP contribution in [0.5, 0.6) is 0 Å². The van der Waals surface area contributed by atoms with Crippen molar-refractivity contribution in [3.63, 3.8) is 0 Å². The number of pyridine rings is 2. The lowest BCUT2D eigenvalue weighted by molar-refractivity contribution is -0.641. The minimum Gasteiger partial charge on any atom is -0.329 e. The Hall–Kier alpha value is -2.27. The molecule has 0 aromatic carbocycles. The van der Waals surface area contributed by atoms with Crippen LogP contribution < -0.4 is 4.57 Å². The average Bonchev–Trinajstić information content (AvgIpc) is 3.12. The van der Waals surface area contributed by atoms with Crippen molar-refractivity contribution in [3.05, 3.63) is 42.4 Å². The van der Waals surface area contributed by atoms with Gasteiger partial charge in [-0.1, -0.05) is 0 Å². The summed E-state index contributed by atoms with van der Waals surface area (Å²) in [6, 6.07) is 5.89. The smallest absolute Gasteiger partial charge is 0.291 e. The summed E-state index contributed by atoms with van der Waals surface area (Å²) in [5, 5.41) is 1.93. The van der Waals surface area contributed by atoms with Crippen molar-refractivity contribution in [2.45, 2.75) is 6.54 Å². The zero-order valence-corrected chi connectivity index (χ0v) is 11.2. The van der Waals surface area contributed by atoms with E-state index in [1.165, 1.54) is 21.5 Å². The van der Waals surface area contributed by atoms with E-state index in [4.69, 9.17) is 4.11 Å². The van der Waals surface area contributed by atoms with E-state index in [0.29, 0.717) is 5.52 Å². The molecular weight excluding hydrogens is 268 g/mol. The fourth-order valence-electron chi connectivity index (χ4n) is 2.95. The molecule has 0 N–H and O–H groups in total. The van der Waals surface area contributed by atoms with Crippen LogP contribution in [0.4, 0.5) is 0 Å². The van der Waals surface area contributed by atoms with Gasteiger partial charge in [-0.05, 0) is 29.5 Å². The molecule has 0 saturated heterocycles. The van der Waals surface area contributed by atoms with Gasteiger partial charge >= 0.3 is 0 Å². The van der Waals surface area contributed by atoms with E-state index >= 15 is 0 Å². The predicted molar refractivity (Wildman–Crippen MR) is 78.6 cm³/mol. The highest BCUT2D eigenvalue weighted by molar-refractivity contribution is 7.21. The average molecular weight is 282 g/mol. The third-order valence-electron chi connectivity index (χ3n) is 3.83. The molecule has 0 radical (unpaired) electrons. The molecule has 20 heavy (non-hydrogen) atoms. The van der Waals surface area contributed by atoms with Crippen LogP contribution in [0.1, 0.15) is 9.68 Å². The molecule has 0 amide bonds. The molecule has 0 fully saturated rings. The van der Waals surface area contributed by atoms with Crippen LogP contribution in [0.25, 0.3) is 32.0 Å². The maximum absolute atomic E-state index is 7.90. The van der Waals surface area contributed by atoms with E-state index in [2.05, 4.69) is 20.6 Å². The number of thiazole rings is 1. The van der Waals surface area contributed by atoms with Crippen LogP contribution in [-0.4, -0.2) is 14.5 Å². The van der Waals surface area contributed by atoms with Crippen molar-refractivity contribution in [2.24, 2.45) is 6.98 Å². The minimum atomic E-state index is -2.24. The Kier molecular flexibility index (Phi) is 1.39. The molecule has 96 valence electrons. The van der Waals surface area contributed by atoms with Gasteiger partial charge in [0.05, 0.1) is 22.7 Å². The fraction of sp³-hybridized carbons (Fsp3) is 0.133. The first kappa shape index (κ1) is 8.11. The number of aromatic nitrogens is 4. The number of hydrogen-bond donors (Lipinski definition) is 0. The molecule has 0 saturated carbocycles. The summed E-state index contributed by atoms with van der Waals surface area (Å²) in [6.07, 6.45) is 5.11. The molecule has 0 bridgehead atoms. The lowest BCUT2D eigenvalue weighted by atomic mass is 10.2. The highest BCUT2D eigenvalue weighted by Gasteiger charge is 2.35. The summed E-state index contributed by atoms with van der Waals surface area (Å²) < 4.78 is 27.3. The second-order valence-electron chi connectivity index (χ2n) is 4.89. The van der Waals surface area contributed by atoms with Crippen molar-refractivity contribution in [3.8, 4) is 10.7 Å². The highest BCUT2D eigenvalue weighted by atomic mass is 32.1. The van der Waals surface area contributed by atoms with Crippen LogP contribution in [-0.2, 0) is 13.5 Å². The van der Waals surface area contributed by atoms with Crippen molar-refractivity contribution >= 4 is 32.6 Å². The van der Waals surface area contributed by atoms with Crippen molar-refractivity contribution < 1.29 is 8.68 Å². The second-order valence-corrected chi connectivity index (χ2v) is 5.86. The largest absolute Gasteiger partial charge is 0.329 e. The SMILES string of the molecule is [2H]C([2H])([2H])n1c2cnccc2c2c1sc1[n+]2Cc2cccnc2-1. The van der Waals surface area contributed by atoms with E-state index in [1.54, 1.807) is 18.6 Å². The van der Waals surface area contributed by atoms with Gasteiger partial charge in [-0.2, -0.15) is 4.57 Å². The van der Waals surface area contributed by atoms with Gasteiger partial charge in [0, 0.05) is 23.5 Å². The van der Waals surface area contributed by atoms with Gasteiger partial charge in [-0.3, -0.25) is 4.98 Å². The third kappa shape index (κ3) is 1.10. The fourth-order valence-corrected chi connectivity index (χ4v) is 4.19. The van der Waals surface area contributed by atoms with Crippen LogP contribution in [0, 0.1) is 0 Å². The van der Waals surface area contributed by atoms with E-state index in [-0.39, 0.29) is 0 Å². The summed E-state index contributed by atoms with van der Waals surface area (Å²) >= 11 is 1.48. The lowest BCUT2D eigenvalue weighted by Gasteiger charge is -1.93. The summed E-state index contributed by atoms with van der Waals surface area (Å²) in [7, 11) is 0. The van der Waals surface area contributed by atoms with Gasteiger partial charge in [0.2, 0.25) is 0 Å². The summed E-state index contributed by atoms with van der Waals surface area (Å²) in [5.74, 6) is 0. The monoisotopic (exact) mass is 282 g/mol. The molecule has 4 aromatic rings. The lowest BCUT2D eigenvalue weighted by Crippen LogP contribution is -2.30. The molecule has 0 unspecified atom stereocenters. The summed E-state index contributed by atoms with van der Waals surface area (Å²) in [6.45, 7) is -1.52. The van der Waals surface area contributed by atoms with E-state index in [0.717, 1.165) is 33.0 Å². The zero-order chi connectivity index (χ0) is 15.8. The second kappa shape index (κ2) is 3.43. The zero-order valence-electron chi connectivity index (χ0n) is 13.4. The highest BCUT2D eigenvalue weighted by Crippen LogP contribution is 2.37. The van der Waals surface area contributed by atoms with Crippen molar-refractivity contribution in [2.75, 3.05) is 0 Å². The Morgan fingerprint density at radius 3 is 3.35 bits per heavy atom. The van der Waals surface area contributed by atoms with Gasteiger partial charge in [-0.15, -0.1) is 0 Å². The molecule has 5 heteroatoms. The molecule has 0 aliphatic carbocycles. The van der Waals surface area contributed by atoms with Crippen LogP contribution >= 0.6 is 11.3 Å². The van der Waals surface area contributed by atoms with Crippen molar-refractivity contribution in [1.82, 2.24) is 14.5 Å². The topological polar surface area (TPSA) is 34.6 Å². The first-order chi connectivity index (χ1) is 11.1. The van der Waals surface area contributed by atoms with Gasteiger partial charge in [0.15, 0.2) is 17.1 Å². The molecule has 4 nitrogen and oxygen atoms in total. The van der Waals surface area contributed by atoms with Gasteiger partial charge in [0.25, 0.3) is 10.5 Å². The molecular formula is C15H11N4S+. The first-order valence-corrected chi connectivity index (χ1v) is 7.13. The summed E-state index contributed by atoms with van der Waals surface area (Å²) in [4.78, 5) is 9.33. The molecule has 0 atom stereocenters. The van der Waals surface area contributed by atoms with E-state index < -0.39 is 6.98 Å². The van der Waals surface area contributed by atoms with Crippen LogP contribution in [0.3, 0.4) is 0 Å². The van der Waals surface area contributed by atoms with E-state index in [9.17, 15) is 0 Å². The molecule has 0 spiro atoms. The maximum Gasteiger partial charge on any atom is 0.291 e. The number of rotatable bonds is 0. The standard InChI is InChI=1S/C15H11N4S/c1-18-11-7-16-6-4-10(11)13-15(18)20-14-12-9(8-19(13)14)3-2-5-17-12/h2-7H,8H2,1H3/q+1/i1D3. The Bertz CT molecular complexity index is 1090. The van der Waals surface area contributed by atoms with Gasteiger partial charge in [0.1, 0.15) is 0 Å². The molecule has 4 aromatic heterocycles. The number of hydrogen-bond acceptors (Lipinski definition) is 3. The third-order valence-corrected chi connectivity index (χ3v) is 5.01. The number of fused-ring (bicyclic) bond motifs is 7. The maximum atomic E-state index is 7.90. The first-order valence-electron chi connectivity index (χ1n) is 7.81. The predicted octanol–water partition coefficient (Wildman–Crippen LogP) is 2.50. The minimum absolute atomic E-state index is 0.646. The molecule has 1 aliphatic rings. The number of nitrogens with zero attached hydrogens (tertiary/aromatic N) is 4.